The van der Waals surface area contributed by atoms with Crippen LogP contribution in [0.2, 0.25) is 0 Å². The van der Waals surface area contributed by atoms with E-state index < -0.39 is 17.4 Å². The summed E-state index contributed by atoms with van der Waals surface area (Å²) in [4.78, 5) is 22.1. The van der Waals surface area contributed by atoms with Gasteiger partial charge in [-0.3, -0.25) is 9.59 Å². The standard InChI is InChI=1S/C10H16N2O3/c1-2-3-7(11)8(13)12-6-10(4-5-10)9(14)15/h2,7H,1,3-6,11H2,(H,12,13)(H,14,15). The number of carboxylic acid groups (broad SMARTS) is 1. The zero-order chi connectivity index (χ0) is 11.5. The Labute approximate surface area is 88.3 Å². The van der Waals surface area contributed by atoms with Gasteiger partial charge in [-0.2, -0.15) is 0 Å². The molecule has 1 rings (SSSR count). The average molecular weight is 212 g/mol. The van der Waals surface area contributed by atoms with E-state index >= 15 is 0 Å². The van der Waals surface area contributed by atoms with Crippen LogP contribution in [0.3, 0.4) is 0 Å². The normalized spacial score (nSPS) is 19.0. The number of rotatable bonds is 6. The van der Waals surface area contributed by atoms with Gasteiger partial charge in [-0.1, -0.05) is 6.08 Å². The zero-order valence-corrected chi connectivity index (χ0v) is 8.53. The Kier molecular flexibility index (Phi) is 3.47. The fourth-order valence-corrected chi connectivity index (χ4v) is 1.29. The number of carbonyl (C=O) groups is 2. The second-order valence-electron chi connectivity index (χ2n) is 3.93. The number of nitrogens with one attached hydrogen (secondary N) is 1. The number of carboxylic acids is 1. The highest BCUT2D eigenvalue weighted by atomic mass is 16.4. The quantitative estimate of drug-likeness (QED) is 0.535. The summed E-state index contributed by atoms with van der Waals surface area (Å²) in [6.45, 7) is 3.65. The van der Waals surface area contributed by atoms with Crippen molar-refractivity contribution in [2.24, 2.45) is 11.1 Å². The Balaban J connectivity index is 2.34. The monoisotopic (exact) mass is 212 g/mol. The lowest BCUT2D eigenvalue weighted by Crippen LogP contribution is -2.43. The molecule has 0 aliphatic heterocycles. The predicted octanol–water partition coefficient (Wildman–Crippen LogP) is -0.129. The van der Waals surface area contributed by atoms with Gasteiger partial charge < -0.3 is 16.2 Å². The Bertz CT molecular complexity index is 284. The number of carbonyl (C=O) groups excluding carboxylic acids is 1. The maximum Gasteiger partial charge on any atom is 0.311 e. The van der Waals surface area contributed by atoms with Gasteiger partial charge in [-0.25, -0.2) is 0 Å². The summed E-state index contributed by atoms with van der Waals surface area (Å²) in [6.07, 6.45) is 3.21. The number of aliphatic carboxylic acids is 1. The minimum absolute atomic E-state index is 0.173. The van der Waals surface area contributed by atoms with Gasteiger partial charge in [0.2, 0.25) is 5.91 Å². The van der Waals surface area contributed by atoms with Crippen molar-refractivity contribution in [3.63, 3.8) is 0 Å². The van der Waals surface area contributed by atoms with Gasteiger partial charge in [0, 0.05) is 6.54 Å². The summed E-state index contributed by atoms with van der Waals surface area (Å²) < 4.78 is 0. The van der Waals surface area contributed by atoms with Crippen molar-refractivity contribution >= 4 is 11.9 Å². The molecule has 1 atom stereocenters. The molecule has 4 N–H and O–H groups in total. The van der Waals surface area contributed by atoms with E-state index in [4.69, 9.17) is 10.8 Å². The lowest BCUT2D eigenvalue weighted by molar-refractivity contribution is -0.143. The molecular formula is C10H16N2O3. The van der Waals surface area contributed by atoms with E-state index in [1.165, 1.54) is 0 Å². The summed E-state index contributed by atoms with van der Waals surface area (Å²) in [5, 5.41) is 11.4. The lowest BCUT2D eigenvalue weighted by Gasteiger charge is -2.13. The Morgan fingerprint density at radius 2 is 2.20 bits per heavy atom. The molecule has 5 nitrogen and oxygen atoms in total. The van der Waals surface area contributed by atoms with Crippen LogP contribution in [-0.2, 0) is 9.59 Å². The van der Waals surface area contributed by atoms with Gasteiger partial charge in [0.25, 0.3) is 0 Å². The van der Waals surface area contributed by atoms with Crippen LogP contribution in [-0.4, -0.2) is 29.6 Å². The van der Waals surface area contributed by atoms with Crippen LogP contribution in [0.4, 0.5) is 0 Å². The highest BCUT2D eigenvalue weighted by Crippen LogP contribution is 2.45. The molecule has 0 bridgehead atoms. The molecule has 1 fully saturated rings. The maximum atomic E-state index is 11.4. The third kappa shape index (κ3) is 2.79. The first-order valence-corrected chi connectivity index (χ1v) is 4.89. The van der Waals surface area contributed by atoms with Gasteiger partial charge in [0.1, 0.15) is 0 Å². The number of hydrogen-bond acceptors (Lipinski definition) is 3. The van der Waals surface area contributed by atoms with Crippen LogP contribution in [0, 0.1) is 5.41 Å². The minimum atomic E-state index is -0.847. The van der Waals surface area contributed by atoms with Gasteiger partial charge in [0.15, 0.2) is 0 Å². The molecule has 1 aliphatic rings. The number of hydrogen-bond donors (Lipinski definition) is 3. The molecule has 0 aromatic rings. The van der Waals surface area contributed by atoms with Crippen LogP contribution in [0.1, 0.15) is 19.3 Å². The molecule has 0 saturated heterocycles. The minimum Gasteiger partial charge on any atom is -0.481 e. The largest absolute Gasteiger partial charge is 0.481 e. The molecule has 1 saturated carbocycles. The van der Waals surface area contributed by atoms with Crippen LogP contribution in [0.25, 0.3) is 0 Å². The Hall–Kier alpha value is -1.36. The highest BCUT2D eigenvalue weighted by Gasteiger charge is 2.50. The summed E-state index contributed by atoms with van der Waals surface area (Å²) in [7, 11) is 0. The molecule has 15 heavy (non-hydrogen) atoms. The first kappa shape index (κ1) is 11.7. The SMILES string of the molecule is C=CCC(N)C(=O)NCC1(C(=O)O)CC1. The van der Waals surface area contributed by atoms with Crippen molar-refractivity contribution in [3.8, 4) is 0 Å². The van der Waals surface area contributed by atoms with Crippen LogP contribution < -0.4 is 11.1 Å². The van der Waals surface area contributed by atoms with Crippen molar-refractivity contribution in [2.75, 3.05) is 6.54 Å². The maximum absolute atomic E-state index is 11.4. The van der Waals surface area contributed by atoms with Crippen molar-refractivity contribution in [3.05, 3.63) is 12.7 Å². The van der Waals surface area contributed by atoms with Gasteiger partial charge in [-0.05, 0) is 19.3 Å². The van der Waals surface area contributed by atoms with E-state index in [0.717, 1.165) is 0 Å². The molecular weight excluding hydrogens is 196 g/mol. The van der Waals surface area contributed by atoms with Crippen molar-refractivity contribution in [1.29, 1.82) is 0 Å². The van der Waals surface area contributed by atoms with Crippen LogP contribution >= 0.6 is 0 Å². The van der Waals surface area contributed by atoms with E-state index in [-0.39, 0.29) is 12.5 Å². The van der Waals surface area contributed by atoms with Crippen molar-refractivity contribution in [1.82, 2.24) is 5.32 Å². The fourth-order valence-electron chi connectivity index (χ4n) is 1.29. The number of amides is 1. The number of nitrogens with two attached hydrogens (primary N) is 1. The molecule has 84 valence electrons. The molecule has 5 heteroatoms. The third-order valence-corrected chi connectivity index (χ3v) is 2.67. The van der Waals surface area contributed by atoms with E-state index in [1.807, 2.05) is 0 Å². The first-order valence-electron chi connectivity index (χ1n) is 4.89. The van der Waals surface area contributed by atoms with Crippen molar-refractivity contribution in [2.45, 2.75) is 25.3 Å². The fraction of sp³-hybridized carbons (Fsp3) is 0.600. The first-order chi connectivity index (χ1) is 7.02. The zero-order valence-electron chi connectivity index (χ0n) is 8.53. The molecule has 0 aromatic heterocycles. The molecule has 1 amide bonds. The Morgan fingerprint density at radius 3 is 2.60 bits per heavy atom. The lowest BCUT2D eigenvalue weighted by atomic mass is 10.1. The van der Waals surface area contributed by atoms with E-state index in [0.29, 0.717) is 19.3 Å². The van der Waals surface area contributed by atoms with Gasteiger partial charge >= 0.3 is 5.97 Å². The molecule has 0 spiro atoms. The predicted molar refractivity (Wildman–Crippen MR) is 55.1 cm³/mol. The summed E-state index contributed by atoms with van der Waals surface area (Å²) in [6, 6.07) is -0.632. The molecule has 1 unspecified atom stereocenters. The average Bonchev–Trinajstić information content (AvgIpc) is 2.95. The highest BCUT2D eigenvalue weighted by molar-refractivity contribution is 5.83. The third-order valence-electron chi connectivity index (χ3n) is 2.67. The van der Waals surface area contributed by atoms with E-state index in [1.54, 1.807) is 6.08 Å². The van der Waals surface area contributed by atoms with Crippen molar-refractivity contribution < 1.29 is 14.7 Å². The summed E-state index contributed by atoms with van der Waals surface area (Å²) in [5.41, 5.74) is 4.79. The van der Waals surface area contributed by atoms with Gasteiger partial charge in [0.05, 0.1) is 11.5 Å². The van der Waals surface area contributed by atoms with E-state index in [9.17, 15) is 9.59 Å². The summed E-state index contributed by atoms with van der Waals surface area (Å²) >= 11 is 0. The van der Waals surface area contributed by atoms with E-state index in [2.05, 4.69) is 11.9 Å². The molecule has 0 aromatic carbocycles. The van der Waals surface area contributed by atoms with Gasteiger partial charge in [-0.15, -0.1) is 6.58 Å². The smallest absolute Gasteiger partial charge is 0.311 e. The topological polar surface area (TPSA) is 92.4 Å². The molecule has 0 heterocycles. The molecule has 0 radical (unpaired) electrons. The molecule has 1 aliphatic carbocycles. The second kappa shape index (κ2) is 4.44. The van der Waals surface area contributed by atoms with Crippen LogP contribution in [0.5, 0.6) is 0 Å². The van der Waals surface area contributed by atoms with Crippen LogP contribution in [0.15, 0.2) is 12.7 Å². The second-order valence-corrected chi connectivity index (χ2v) is 3.93. The summed E-state index contributed by atoms with van der Waals surface area (Å²) in [5.74, 6) is -1.16. The Morgan fingerprint density at radius 1 is 1.60 bits per heavy atom.